The SMILES string of the molecule is COc1ccc(N=C[C@@H](C)COCc2ccccc2)cc1. The molecule has 3 nitrogen and oxygen atoms in total. The molecule has 3 heteroatoms. The quantitative estimate of drug-likeness (QED) is 0.711. The molecular weight excluding hydrogens is 262 g/mol. The average molecular weight is 283 g/mol. The molecular formula is C18H21NO2. The van der Waals surface area contributed by atoms with Crippen LogP contribution in [0.1, 0.15) is 12.5 Å². The first kappa shape index (κ1) is 15.3. The Kier molecular flexibility index (Phi) is 5.98. The zero-order chi connectivity index (χ0) is 14.9. The third-order valence-corrected chi connectivity index (χ3v) is 3.04. The van der Waals surface area contributed by atoms with Gasteiger partial charge in [0.25, 0.3) is 0 Å². The first-order valence-electron chi connectivity index (χ1n) is 7.08. The van der Waals surface area contributed by atoms with Gasteiger partial charge in [-0.05, 0) is 29.8 Å². The van der Waals surface area contributed by atoms with Gasteiger partial charge in [0.05, 0.1) is 26.0 Å². The fourth-order valence-corrected chi connectivity index (χ4v) is 1.86. The van der Waals surface area contributed by atoms with E-state index >= 15 is 0 Å². The van der Waals surface area contributed by atoms with Gasteiger partial charge in [0, 0.05) is 12.1 Å². The van der Waals surface area contributed by atoms with E-state index in [1.165, 1.54) is 5.56 Å². The Morgan fingerprint density at radius 1 is 1.05 bits per heavy atom. The highest BCUT2D eigenvalue weighted by Gasteiger charge is 1.99. The summed E-state index contributed by atoms with van der Waals surface area (Å²) in [7, 11) is 1.66. The van der Waals surface area contributed by atoms with E-state index < -0.39 is 0 Å². The second kappa shape index (κ2) is 8.22. The molecule has 2 aromatic carbocycles. The zero-order valence-corrected chi connectivity index (χ0v) is 12.5. The third-order valence-electron chi connectivity index (χ3n) is 3.04. The van der Waals surface area contributed by atoms with Crippen molar-refractivity contribution in [3.8, 4) is 5.75 Å². The number of nitrogens with zero attached hydrogens (tertiary/aromatic N) is 1. The van der Waals surface area contributed by atoms with Crippen molar-refractivity contribution >= 4 is 11.9 Å². The summed E-state index contributed by atoms with van der Waals surface area (Å²) in [5.41, 5.74) is 2.11. The van der Waals surface area contributed by atoms with Crippen molar-refractivity contribution in [3.05, 3.63) is 60.2 Å². The van der Waals surface area contributed by atoms with E-state index in [2.05, 4.69) is 24.0 Å². The first-order chi connectivity index (χ1) is 10.3. The third kappa shape index (κ3) is 5.40. The number of rotatable bonds is 7. The second-order valence-corrected chi connectivity index (χ2v) is 4.95. The summed E-state index contributed by atoms with van der Waals surface area (Å²) in [4.78, 5) is 4.45. The predicted molar refractivity (Wildman–Crippen MR) is 86.4 cm³/mol. The van der Waals surface area contributed by atoms with E-state index in [0.29, 0.717) is 13.2 Å². The Morgan fingerprint density at radius 2 is 1.76 bits per heavy atom. The lowest BCUT2D eigenvalue weighted by molar-refractivity contribution is 0.109. The molecule has 0 amide bonds. The predicted octanol–water partition coefficient (Wildman–Crippen LogP) is 4.25. The molecule has 0 saturated heterocycles. The average Bonchev–Trinajstić information content (AvgIpc) is 2.54. The van der Waals surface area contributed by atoms with Gasteiger partial charge in [-0.15, -0.1) is 0 Å². The highest BCUT2D eigenvalue weighted by molar-refractivity contribution is 5.65. The van der Waals surface area contributed by atoms with Crippen LogP contribution in [-0.2, 0) is 11.3 Å². The number of benzene rings is 2. The number of methoxy groups -OCH3 is 1. The summed E-state index contributed by atoms with van der Waals surface area (Å²) in [6.45, 7) is 3.40. The molecule has 110 valence electrons. The summed E-state index contributed by atoms with van der Waals surface area (Å²) in [6.07, 6.45) is 1.92. The maximum atomic E-state index is 5.70. The normalized spacial score (nSPS) is 12.5. The zero-order valence-electron chi connectivity index (χ0n) is 12.5. The molecule has 0 heterocycles. The Labute approximate surface area is 126 Å². The van der Waals surface area contributed by atoms with Crippen LogP contribution >= 0.6 is 0 Å². The van der Waals surface area contributed by atoms with Crippen LogP contribution in [0.5, 0.6) is 5.75 Å². The van der Waals surface area contributed by atoms with Gasteiger partial charge in [0.15, 0.2) is 0 Å². The standard InChI is InChI=1S/C18H21NO2/c1-15(13-21-14-16-6-4-3-5-7-16)12-19-17-8-10-18(20-2)11-9-17/h3-12,15H,13-14H2,1-2H3/t15-/m1/s1. The minimum atomic E-state index is 0.274. The van der Waals surface area contributed by atoms with Crippen LogP contribution in [0.15, 0.2) is 59.6 Å². The summed E-state index contributed by atoms with van der Waals surface area (Å²) in [5.74, 6) is 1.11. The molecule has 0 radical (unpaired) electrons. The fraction of sp³-hybridized carbons (Fsp3) is 0.278. The Hall–Kier alpha value is -2.13. The lowest BCUT2D eigenvalue weighted by atomic mass is 10.2. The molecule has 0 spiro atoms. The van der Waals surface area contributed by atoms with Crippen molar-refractivity contribution in [2.24, 2.45) is 10.9 Å². The van der Waals surface area contributed by atoms with Crippen molar-refractivity contribution in [2.45, 2.75) is 13.5 Å². The molecule has 0 N–H and O–H groups in total. The number of hydrogen-bond acceptors (Lipinski definition) is 3. The van der Waals surface area contributed by atoms with Gasteiger partial charge in [-0.3, -0.25) is 4.99 Å². The molecule has 1 atom stereocenters. The molecule has 0 aromatic heterocycles. The van der Waals surface area contributed by atoms with Crippen LogP contribution in [0.25, 0.3) is 0 Å². The minimum Gasteiger partial charge on any atom is -0.497 e. The lowest BCUT2D eigenvalue weighted by Gasteiger charge is -2.07. The number of aliphatic imine (C=N–C) groups is 1. The Morgan fingerprint density at radius 3 is 2.43 bits per heavy atom. The van der Waals surface area contributed by atoms with Gasteiger partial charge in [-0.2, -0.15) is 0 Å². The van der Waals surface area contributed by atoms with Gasteiger partial charge in [-0.25, -0.2) is 0 Å². The van der Waals surface area contributed by atoms with E-state index in [0.717, 1.165) is 11.4 Å². The Bertz CT molecular complexity index is 549. The highest BCUT2D eigenvalue weighted by Crippen LogP contribution is 2.17. The number of ether oxygens (including phenoxy) is 2. The van der Waals surface area contributed by atoms with Crippen LogP contribution in [0.4, 0.5) is 5.69 Å². The summed E-state index contributed by atoms with van der Waals surface area (Å²) >= 11 is 0. The fourth-order valence-electron chi connectivity index (χ4n) is 1.86. The molecule has 0 aliphatic rings. The maximum absolute atomic E-state index is 5.70. The smallest absolute Gasteiger partial charge is 0.119 e. The van der Waals surface area contributed by atoms with Gasteiger partial charge < -0.3 is 9.47 Å². The molecule has 21 heavy (non-hydrogen) atoms. The molecule has 0 aliphatic heterocycles. The van der Waals surface area contributed by atoms with Gasteiger partial charge in [0.2, 0.25) is 0 Å². The molecule has 0 saturated carbocycles. The molecule has 2 rings (SSSR count). The maximum Gasteiger partial charge on any atom is 0.119 e. The lowest BCUT2D eigenvalue weighted by Crippen LogP contribution is -2.06. The van der Waals surface area contributed by atoms with Gasteiger partial charge >= 0.3 is 0 Å². The van der Waals surface area contributed by atoms with Crippen LogP contribution in [0.3, 0.4) is 0 Å². The summed E-state index contributed by atoms with van der Waals surface area (Å²) < 4.78 is 10.8. The summed E-state index contributed by atoms with van der Waals surface area (Å²) in [6, 6.07) is 17.9. The van der Waals surface area contributed by atoms with Crippen LogP contribution in [0, 0.1) is 5.92 Å². The monoisotopic (exact) mass is 283 g/mol. The van der Waals surface area contributed by atoms with Crippen molar-refractivity contribution in [1.82, 2.24) is 0 Å². The largest absolute Gasteiger partial charge is 0.497 e. The number of hydrogen-bond donors (Lipinski definition) is 0. The van der Waals surface area contributed by atoms with Crippen molar-refractivity contribution in [1.29, 1.82) is 0 Å². The van der Waals surface area contributed by atoms with Crippen molar-refractivity contribution < 1.29 is 9.47 Å². The van der Waals surface area contributed by atoms with Crippen molar-refractivity contribution in [2.75, 3.05) is 13.7 Å². The van der Waals surface area contributed by atoms with Gasteiger partial charge in [0.1, 0.15) is 5.75 Å². The summed E-state index contributed by atoms with van der Waals surface area (Å²) in [5, 5.41) is 0. The Balaban J connectivity index is 1.75. The van der Waals surface area contributed by atoms with Crippen LogP contribution in [-0.4, -0.2) is 19.9 Å². The van der Waals surface area contributed by atoms with E-state index in [4.69, 9.17) is 9.47 Å². The van der Waals surface area contributed by atoms with Crippen molar-refractivity contribution in [3.63, 3.8) is 0 Å². The molecule has 0 bridgehead atoms. The topological polar surface area (TPSA) is 30.8 Å². The van der Waals surface area contributed by atoms with Gasteiger partial charge in [-0.1, -0.05) is 37.3 Å². The van der Waals surface area contributed by atoms with E-state index in [1.54, 1.807) is 7.11 Å². The molecule has 0 unspecified atom stereocenters. The molecule has 0 aliphatic carbocycles. The minimum absolute atomic E-state index is 0.274. The second-order valence-electron chi connectivity index (χ2n) is 4.95. The van der Waals surface area contributed by atoms with Crippen LogP contribution < -0.4 is 4.74 Å². The van der Waals surface area contributed by atoms with E-state index in [9.17, 15) is 0 Å². The highest BCUT2D eigenvalue weighted by atomic mass is 16.5. The van der Waals surface area contributed by atoms with E-state index in [1.807, 2.05) is 48.7 Å². The van der Waals surface area contributed by atoms with Crippen LogP contribution in [0.2, 0.25) is 0 Å². The molecule has 0 fully saturated rings. The first-order valence-corrected chi connectivity index (χ1v) is 7.08. The molecule has 2 aromatic rings. The van der Waals surface area contributed by atoms with E-state index in [-0.39, 0.29) is 5.92 Å².